The van der Waals surface area contributed by atoms with Crippen LogP contribution in [0.2, 0.25) is 0 Å². The van der Waals surface area contributed by atoms with Gasteiger partial charge in [-0.2, -0.15) is 0 Å². The summed E-state index contributed by atoms with van der Waals surface area (Å²) in [5.41, 5.74) is 2.68. The van der Waals surface area contributed by atoms with Gasteiger partial charge < -0.3 is 20.3 Å². The number of para-hydroxylation sites is 1. The van der Waals surface area contributed by atoms with Crippen LogP contribution in [0.3, 0.4) is 0 Å². The van der Waals surface area contributed by atoms with Gasteiger partial charge in [0.2, 0.25) is 21.8 Å². The number of hydrogen-bond donors (Lipinski definition) is 2. The molecule has 0 aromatic heterocycles. The molecule has 2 aliphatic heterocycles. The molecule has 248 valence electrons. The Labute approximate surface area is 272 Å². The third-order valence-corrected chi connectivity index (χ3v) is 10.3. The highest BCUT2D eigenvalue weighted by atomic mass is 32.2. The number of aryl methyl sites for hydroxylation is 1. The number of hydrogen-bond acceptors (Lipinski definition) is 6. The van der Waals surface area contributed by atoms with E-state index in [1.54, 1.807) is 39.5 Å². The van der Waals surface area contributed by atoms with Crippen molar-refractivity contribution in [1.82, 2.24) is 15.5 Å². The first-order valence-electron chi connectivity index (χ1n) is 15.9. The van der Waals surface area contributed by atoms with E-state index in [9.17, 15) is 22.8 Å². The number of fused-ring (bicyclic) bond motifs is 3. The molecule has 0 radical (unpaired) electrons. The van der Waals surface area contributed by atoms with Crippen molar-refractivity contribution in [3.63, 3.8) is 0 Å². The van der Waals surface area contributed by atoms with Gasteiger partial charge in [0.1, 0.15) is 17.2 Å². The Morgan fingerprint density at radius 1 is 0.957 bits per heavy atom. The van der Waals surface area contributed by atoms with E-state index in [0.717, 1.165) is 29.5 Å². The molecule has 5 rings (SSSR count). The van der Waals surface area contributed by atoms with E-state index < -0.39 is 39.2 Å². The molecule has 2 N–H and O–H groups in total. The lowest BCUT2D eigenvalue weighted by Gasteiger charge is -2.41. The SMILES string of the molecule is CC(C)(C)OC(=O)NC(C)(C)C(=O)NC(CC1=Cc2ccccc2CC1)C(=O)N1CCC2(CC1)CN(S(C)(=O)=O)c1ccccc12. The van der Waals surface area contributed by atoms with Crippen LogP contribution >= 0.6 is 0 Å². The molecule has 46 heavy (non-hydrogen) atoms. The molecule has 1 saturated heterocycles. The zero-order valence-corrected chi connectivity index (χ0v) is 28.5. The van der Waals surface area contributed by atoms with Crippen LogP contribution in [0.4, 0.5) is 10.5 Å². The number of rotatable bonds is 7. The first-order chi connectivity index (χ1) is 21.5. The molecule has 10 nitrogen and oxygen atoms in total. The zero-order chi connectivity index (χ0) is 33.5. The Morgan fingerprint density at radius 3 is 2.28 bits per heavy atom. The molecule has 1 spiro atoms. The Morgan fingerprint density at radius 2 is 1.61 bits per heavy atom. The Balaban J connectivity index is 1.35. The second-order valence-corrected chi connectivity index (χ2v) is 16.3. The molecule has 11 heteroatoms. The van der Waals surface area contributed by atoms with E-state index in [0.29, 0.717) is 44.6 Å². The molecule has 2 aromatic rings. The fourth-order valence-corrected chi connectivity index (χ4v) is 7.75. The minimum Gasteiger partial charge on any atom is -0.444 e. The molecular formula is C35H46N4O6S. The number of nitrogens with zero attached hydrogens (tertiary/aromatic N) is 2. The summed E-state index contributed by atoms with van der Waals surface area (Å²) in [6.45, 7) is 9.61. The van der Waals surface area contributed by atoms with Crippen LogP contribution in [0, 0.1) is 0 Å². The van der Waals surface area contributed by atoms with Crippen molar-refractivity contribution in [2.24, 2.45) is 0 Å². The predicted molar refractivity (Wildman–Crippen MR) is 179 cm³/mol. The number of sulfonamides is 1. The van der Waals surface area contributed by atoms with Gasteiger partial charge in [-0.3, -0.25) is 13.9 Å². The molecule has 3 amide bonds. The lowest BCUT2D eigenvalue weighted by Crippen LogP contribution is -2.60. The van der Waals surface area contributed by atoms with Crippen molar-refractivity contribution in [1.29, 1.82) is 0 Å². The molecule has 1 atom stereocenters. The smallest absolute Gasteiger partial charge is 0.408 e. The average molecular weight is 651 g/mol. The highest BCUT2D eigenvalue weighted by molar-refractivity contribution is 7.92. The summed E-state index contributed by atoms with van der Waals surface area (Å²) in [7, 11) is -3.46. The normalized spacial score (nSPS) is 18.3. The van der Waals surface area contributed by atoms with Crippen LogP contribution < -0.4 is 14.9 Å². The van der Waals surface area contributed by atoms with E-state index in [-0.39, 0.29) is 11.3 Å². The lowest BCUT2D eigenvalue weighted by atomic mass is 9.74. The maximum Gasteiger partial charge on any atom is 0.408 e. The first kappa shape index (κ1) is 33.5. The van der Waals surface area contributed by atoms with Gasteiger partial charge in [-0.1, -0.05) is 54.1 Å². The monoisotopic (exact) mass is 650 g/mol. The van der Waals surface area contributed by atoms with Crippen molar-refractivity contribution in [3.05, 3.63) is 70.8 Å². The topological polar surface area (TPSA) is 125 Å². The summed E-state index contributed by atoms with van der Waals surface area (Å²) in [5.74, 6) is -0.683. The number of benzene rings is 2. The number of likely N-dealkylation sites (tertiary alicyclic amines) is 1. The van der Waals surface area contributed by atoms with E-state index in [2.05, 4.69) is 28.8 Å². The predicted octanol–water partition coefficient (Wildman–Crippen LogP) is 4.53. The summed E-state index contributed by atoms with van der Waals surface area (Å²) in [6, 6.07) is 14.9. The van der Waals surface area contributed by atoms with Crippen LogP contribution in [0.5, 0.6) is 0 Å². The highest BCUT2D eigenvalue weighted by Crippen LogP contribution is 2.48. The third kappa shape index (κ3) is 7.24. The number of nitrogens with one attached hydrogen (secondary N) is 2. The van der Waals surface area contributed by atoms with Gasteiger partial charge in [0.05, 0.1) is 11.9 Å². The van der Waals surface area contributed by atoms with Crippen molar-refractivity contribution in [2.45, 2.75) is 89.3 Å². The van der Waals surface area contributed by atoms with E-state index in [1.165, 1.54) is 16.1 Å². The van der Waals surface area contributed by atoms with Crippen molar-refractivity contribution < 1.29 is 27.5 Å². The number of carbonyl (C=O) groups excluding carboxylic acids is 3. The lowest BCUT2D eigenvalue weighted by molar-refractivity contribution is -0.139. The summed E-state index contributed by atoms with van der Waals surface area (Å²) in [4.78, 5) is 42.2. The number of amides is 3. The van der Waals surface area contributed by atoms with Gasteiger partial charge in [0, 0.05) is 25.0 Å². The number of carbonyl (C=O) groups is 3. The number of piperidine rings is 1. The molecular weight excluding hydrogens is 604 g/mol. The fourth-order valence-electron chi connectivity index (χ4n) is 6.75. The molecule has 1 aliphatic carbocycles. The minimum absolute atomic E-state index is 0.192. The standard InChI is InChI=1S/C35H46N4O6S/c1-33(2,3)45-32(42)37-34(4,5)31(41)36-28(22-24-15-16-25-11-7-8-12-26(25)21-24)30(40)38-19-17-35(18-20-38)23-39(46(6,43)44)29-14-10-9-13-27(29)35/h7-14,21,28H,15-20,22-23H2,1-6H3,(H,36,41)(H,37,42). The zero-order valence-electron chi connectivity index (χ0n) is 27.7. The van der Waals surface area contributed by atoms with E-state index in [4.69, 9.17) is 4.74 Å². The van der Waals surface area contributed by atoms with Gasteiger partial charge in [-0.05, 0) is 89.5 Å². The molecule has 1 fully saturated rings. The number of ether oxygens (including phenoxy) is 1. The Bertz CT molecular complexity index is 1650. The average Bonchev–Trinajstić information content (AvgIpc) is 3.30. The number of anilines is 1. The second-order valence-electron chi connectivity index (χ2n) is 14.4. The Hall–Kier alpha value is -3.86. The summed E-state index contributed by atoms with van der Waals surface area (Å²) in [5, 5.41) is 5.61. The highest BCUT2D eigenvalue weighted by Gasteiger charge is 2.48. The molecule has 3 aliphatic rings. The van der Waals surface area contributed by atoms with Gasteiger partial charge in [0.25, 0.3) is 0 Å². The van der Waals surface area contributed by atoms with Crippen LogP contribution in [0.15, 0.2) is 54.1 Å². The Kier molecular flexibility index (Phi) is 9.02. The van der Waals surface area contributed by atoms with Crippen LogP contribution in [0.1, 0.15) is 77.0 Å². The van der Waals surface area contributed by atoms with Gasteiger partial charge in [-0.25, -0.2) is 13.2 Å². The van der Waals surface area contributed by atoms with Crippen LogP contribution in [-0.2, 0) is 36.2 Å². The van der Waals surface area contributed by atoms with Crippen molar-refractivity contribution in [3.8, 4) is 0 Å². The van der Waals surface area contributed by atoms with E-state index in [1.807, 2.05) is 36.4 Å². The maximum absolute atomic E-state index is 14.2. The largest absolute Gasteiger partial charge is 0.444 e. The van der Waals surface area contributed by atoms with Crippen molar-refractivity contribution in [2.75, 3.05) is 30.2 Å². The van der Waals surface area contributed by atoms with Crippen LogP contribution in [-0.4, -0.2) is 74.3 Å². The second kappa shape index (κ2) is 12.4. The summed E-state index contributed by atoms with van der Waals surface area (Å²) in [6.07, 6.45) is 5.79. The molecule has 1 unspecified atom stereocenters. The molecule has 2 heterocycles. The van der Waals surface area contributed by atoms with Gasteiger partial charge in [0.15, 0.2) is 0 Å². The van der Waals surface area contributed by atoms with E-state index >= 15 is 0 Å². The quantitative estimate of drug-likeness (QED) is 0.454. The summed E-state index contributed by atoms with van der Waals surface area (Å²) < 4.78 is 32.2. The minimum atomic E-state index is -3.46. The fraction of sp³-hybridized carbons (Fsp3) is 0.514. The van der Waals surface area contributed by atoms with Crippen LogP contribution in [0.25, 0.3) is 6.08 Å². The first-order valence-corrected chi connectivity index (χ1v) is 17.8. The third-order valence-electron chi connectivity index (χ3n) is 9.20. The van der Waals surface area contributed by atoms with Gasteiger partial charge >= 0.3 is 6.09 Å². The molecule has 0 saturated carbocycles. The van der Waals surface area contributed by atoms with Gasteiger partial charge in [-0.15, -0.1) is 0 Å². The number of alkyl carbamates (subject to hydrolysis) is 1. The molecule has 0 bridgehead atoms. The summed E-state index contributed by atoms with van der Waals surface area (Å²) >= 11 is 0. The van der Waals surface area contributed by atoms with Crippen molar-refractivity contribution >= 4 is 39.7 Å². The molecule has 2 aromatic carbocycles. The maximum atomic E-state index is 14.2.